The fourth-order valence-corrected chi connectivity index (χ4v) is 1.55. The van der Waals surface area contributed by atoms with Gasteiger partial charge in [-0.3, -0.25) is 0 Å². The summed E-state index contributed by atoms with van der Waals surface area (Å²) in [6, 6.07) is 1.96. The Morgan fingerprint density at radius 1 is 1.32 bits per heavy atom. The first-order valence-corrected chi connectivity index (χ1v) is 6.74. The van der Waals surface area contributed by atoms with Gasteiger partial charge in [0.25, 0.3) is 0 Å². The smallest absolute Gasteiger partial charge is 0.138 e. The number of hydrogen-bond donors (Lipinski definition) is 1. The van der Waals surface area contributed by atoms with Gasteiger partial charge in [-0.2, -0.15) is 0 Å². The highest BCUT2D eigenvalue weighted by atomic mass is 16.5. The molecular formula is C14H26N4O. The van der Waals surface area contributed by atoms with Crippen LogP contribution < -0.4 is 10.2 Å². The van der Waals surface area contributed by atoms with Crippen LogP contribution in [0.25, 0.3) is 0 Å². The van der Waals surface area contributed by atoms with E-state index in [1.807, 2.05) is 27.1 Å². The van der Waals surface area contributed by atoms with Gasteiger partial charge in [-0.25, -0.2) is 9.97 Å². The van der Waals surface area contributed by atoms with Gasteiger partial charge < -0.3 is 15.0 Å². The number of hydrogen-bond acceptors (Lipinski definition) is 5. The van der Waals surface area contributed by atoms with Crippen molar-refractivity contribution in [3.8, 4) is 0 Å². The van der Waals surface area contributed by atoms with Crippen LogP contribution in [0.2, 0.25) is 0 Å². The molecule has 0 radical (unpaired) electrons. The number of likely N-dealkylation sites (N-methyl/N-ethyl adjacent to an activating group) is 1. The van der Waals surface area contributed by atoms with Crippen LogP contribution in [0.5, 0.6) is 0 Å². The Morgan fingerprint density at radius 2 is 2.00 bits per heavy atom. The third-order valence-corrected chi connectivity index (χ3v) is 2.81. The minimum absolute atomic E-state index is 0.0671. The third-order valence-electron chi connectivity index (χ3n) is 2.81. The first-order valence-electron chi connectivity index (χ1n) is 6.74. The standard InChI is InChI=1S/C14H26N4O/c1-7-19-9-8-18(6)12-10-11(15-5)16-13(17-12)14(2,3)4/h10H,7-9H2,1-6H3,(H,15,16,17). The Hall–Kier alpha value is -1.36. The normalized spacial score (nSPS) is 11.5. The van der Waals surface area contributed by atoms with Crippen LogP contribution in [-0.2, 0) is 10.2 Å². The van der Waals surface area contributed by atoms with Crippen LogP contribution >= 0.6 is 0 Å². The number of anilines is 2. The molecule has 5 heteroatoms. The largest absolute Gasteiger partial charge is 0.380 e. The van der Waals surface area contributed by atoms with Crippen molar-refractivity contribution in [3.05, 3.63) is 11.9 Å². The SMILES string of the molecule is CCOCCN(C)c1cc(NC)nc(C(C)(C)C)n1. The maximum absolute atomic E-state index is 5.38. The van der Waals surface area contributed by atoms with E-state index in [9.17, 15) is 0 Å². The number of aromatic nitrogens is 2. The minimum atomic E-state index is -0.0671. The molecule has 0 aliphatic rings. The average Bonchev–Trinajstić information content (AvgIpc) is 2.37. The highest BCUT2D eigenvalue weighted by molar-refractivity contribution is 5.49. The van der Waals surface area contributed by atoms with Crippen molar-refractivity contribution in [2.24, 2.45) is 0 Å². The van der Waals surface area contributed by atoms with Gasteiger partial charge in [-0.05, 0) is 6.92 Å². The molecule has 0 unspecified atom stereocenters. The number of ether oxygens (including phenoxy) is 1. The average molecular weight is 266 g/mol. The quantitative estimate of drug-likeness (QED) is 0.801. The molecule has 1 rings (SSSR count). The molecule has 1 aromatic rings. The molecule has 0 bridgehead atoms. The number of rotatable bonds is 6. The summed E-state index contributed by atoms with van der Waals surface area (Å²) in [4.78, 5) is 11.3. The second-order valence-corrected chi connectivity index (χ2v) is 5.55. The minimum Gasteiger partial charge on any atom is -0.380 e. The molecule has 0 aromatic carbocycles. The van der Waals surface area contributed by atoms with Gasteiger partial charge in [0.1, 0.15) is 17.5 Å². The number of nitrogens with one attached hydrogen (secondary N) is 1. The van der Waals surface area contributed by atoms with E-state index >= 15 is 0 Å². The van der Waals surface area contributed by atoms with E-state index in [0.717, 1.165) is 30.6 Å². The highest BCUT2D eigenvalue weighted by Gasteiger charge is 2.19. The molecule has 0 spiro atoms. The first kappa shape index (κ1) is 15.7. The summed E-state index contributed by atoms with van der Waals surface area (Å²) in [6.45, 7) is 10.6. The molecule has 0 atom stereocenters. The summed E-state index contributed by atoms with van der Waals surface area (Å²) in [5.74, 6) is 2.61. The van der Waals surface area contributed by atoms with Crippen LogP contribution in [0.4, 0.5) is 11.6 Å². The van der Waals surface area contributed by atoms with Gasteiger partial charge in [0.2, 0.25) is 0 Å². The van der Waals surface area contributed by atoms with E-state index < -0.39 is 0 Å². The maximum Gasteiger partial charge on any atom is 0.138 e. The Labute approximate surface area is 116 Å². The zero-order valence-electron chi connectivity index (χ0n) is 12.9. The van der Waals surface area contributed by atoms with Gasteiger partial charge in [0.05, 0.1) is 6.61 Å². The lowest BCUT2D eigenvalue weighted by Crippen LogP contribution is -2.26. The lowest BCUT2D eigenvalue weighted by Gasteiger charge is -2.23. The summed E-state index contributed by atoms with van der Waals surface area (Å²) in [6.07, 6.45) is 0. The van der Waals surface area contributed by atoms with Crippen molar-refractivity contribution in [1.29, 1.82) is 0 Å². The molecule has 19 heavy (non-hydrogen) atoms. The number of nitrogens with zero attached hydrogens (tertiary/aromatic N) is 3. The van der Waals surface area contributed by atoms with Crippen molar-refractivity contribution in [2.45, 2.75) is 33.1 Å². The van der Waals surface area contributed by atoms with Crippen molar-refractivity contribution in [2.75, 3.05) is 44.1 Å². The van der Waals surface area contributed by atoms with Crippen LogP contribution in [0.1, 0.15) is 33.5 Å². The van der Waals surface area contributed by atoms with Crippen molar-refractivity contribution in [3.63, 3.8) is 0 Å². The summed E-state index contributed by atoms with van der Waals surface area (Å²) in [7, 11) is 3.89. The molecular weight excluding hydrogens is 240 g/mol. The lowest BCUT2D eigenvalue weighted by atomic mass is 9.96. The Morgan fingerprint density at radius 3 is 2.53 bits per heavy atom. The van der Waals surface area contributed by atoms with Crippen LogP contribution in [0.3, 0.4) is 0 Å². The van der Waals surface area contributed by atoms with Crippen LogP contribution in [-0.4, -0.2) is 43.8 Å². The molecule has 0 amide bonds. The molecule has 1 N–H and O–H groups in total. The predicted octanol–water partition coefficient (Wildman–Crippen LogP) is 2.29. The van der Waals surface area contributed by atoms with E-state index in [2.05, 4.69) is 41.0 Å². The zero-order chi connectivity index (χ0) is 14.5. The third kappa shape index (κ3) is 4.67. The molecule has 108 valence electrons. The zero-order valence-corrected chi connectivity index (χ0v) is 12.9. The molecule has 0 saturated heterocycles. The van der Waals surface area contributed by atoms with Crippen LogP contribution in [0.15, 0.2) is 6.07 Å². The van der Waals surface area contributed by atoms with Gasteiger partial charge in [0, 0.05) is 38.7 Å². The topological polar surface area (TPSA) is 50.3 Å². The monoisotopic (exact) mass is 266 g/mol. The van der Waals surface area contributed by atoms with E-state index in [1.165, 1.54) is 0 Å². The highest BCUT2D eigenvalue weighted by Crippen LogP contribution is 2.23. The summed E-state index contributed by atoms with van der Waals surface area (Å²) in [5, 5.41) is 3.09. The van der Waals surface area contributed by atoms with E-state index in [-0.39, 0.29) is 5.41 Å². The van der Waals surface area contributed by atoms with Crippen molar-refractivity contribution in [1.82, 2.24) is 9.97 Å². The van der Waals surface area contributed by atoms with Gasteiger partial charge >= 0.3 is 0 Å². The van der Waals surface area contributed by atoms with E-state index in [1.54, 1.807) is 0 Å². The van der Waals surface area contributed by atoms with Gasteiger partial charge in [0.15, 0.2) is 0 Å². The maximum atomic E-state index is 5.38. The molecule has 0 fully saturated rings. The second kappa shape index (κ2) is 6.70. The summed E-state index contributed by atoms with van der Waals surface area (Å²) < 4.78 is 5.38. The van der Waals surface area contributed by atoms with Crippen molar-refractivity contribution < 1.29 is 4.74 Å². The Balaban J connectivity index is 2.93. The fourth-order valence-electron chi connectivity index (χ4n) is 1.55. The van der Waals surface area contributed by atoms with Crippen LogP contribution in [0, 0.1) is 0 Å². The van der Waals surface area contributed by atoms with Crippen molar-refractivity contribution >= 4 is 11.6 Å². The summed E-state index contributed by atoms with van der Waals surface area (Å²) >= 11 is 0. The van der Waals surface area contributed by atoms with E-state index in [4.69, 9.17) is 4.74 Å². The first-order chi connectivity index (χ1) is 8.88. The van der Waals surface area contributed by atoms with Gasteiger partial charge in [-0.1, -0.05) is 20.8 Å². The Kier molecular flexibility index (Phi) is 5.54. The molecule has 5 nitrogen and oxygen atoms in total. The Bertz CT molecular complexity index is 401. The fraction of sp³-hybridized carbons (Fsp3) is 0.714. The predicted molar refractivity (Wildman–Crippen MR) is 80.0 cm³/mol. The van der Waals surface area contributed by atoms with Gasteiger partial charge in [-0.15, -0.1) is 0 Å². The van der Waals surface area contributed by atoms with E-state index in [0.29, 0.717) is 6.61 Å². The lowest BCUT2D eigenvalue weighted by molar-refractivity contribution is 0.154. The molecule has 1 heterocycles. The summed E-state index contributed by atoms with van der Waals surface area (Å²) in [5.41, 5.74) is -0.0671. The molecule has 1 aromatic heterocycles. The molecule has 0 saturated carbocycles. The second-order valence-electron chi connectivity index (χ2n) is 5.55. The molecule has 0 aliphatic heterocycles. The molecule has 0 aliphatic carbocycles.